The van der Waals surface area contributed by atoms with Gasteiger partial charge in [0, 0.05) is 48.3 Å². The number of fused-ring (bicyclic) bond motifs is 3. The number of carbonyl (C=O) groups is 1. The molecule has 4 nitrogen and oxygen atoms in total. The predicted octanol–water partition coefficient (Wildman–Crippen LogP) is 11.8. The van der Waals surface area contributed by atoms with Crippen molar-refractivity contribution in [1.29, 1.82) is 5.26 Å². The second-order valence-corrected chi connectivity index (χ2v) is 16.0. The van der Waals surface area contributed by atoms with E-state index in [1.54, 1.807) is 17.4 Å². The average Bonchev–Trinajstić information content (AvgIpc) is 3.94. The molecule has 0 N–H and O–H groups in total. The Bertz CT molecular complexity index is 2370. The van der Waals surface area contributed by atoms with Gasteiger partial charge in [0.2, 0.25) is 5.76 Å². The van der Waals surface area contributed by atoms with E-state index >= 15 is 0 Å². The van der Waals surface area contributed by atoms with Crippen molar-refractivity contribution in [1.82, 2.24) is 0 Å². The van der Waals surface area contributed by atoms with Gasteiger partial charge in [-0.25, -0.2) is 0 Å². The van der Waals surface area contributed by atoms with Crippen molar-refractivity contribution in [2.24, 2.45) is 0 Å². The average molecular weight is 687 g/mol. The van der Waals surface area contributed by atoms with E-state index in [-0.39, 0.29) is 23.7 Å². The summed E-state index contributed by atoms with van der Waals surface area (Å²) < 4.78 is 4.79. The Morgan fingerprint density at radius 3 is 2.42 bits per heavy atom. The van der Waals surface area contributed by atoms with Crippen LogP contribution in [0.5, 0.6) is 0 Å². The highest BCUT2D eigenvalue weighted by atomic mass is 32.1. The van der Waals surface area contributed by atoms with Crippen LogP contribution in [0.2, 0.25) is 0 Å². The van der Waals surface area contributed by atoms with E-state index in [9.17, 15) is 10.1 Å². The molecule has 0 spiro atoms. The molecule has 2 unspecified atom stereocenters. The normalized spacial score (nSPS) is 18.3. The first kappa shape index (κ1) is 30.8. The molecule has 4 aromatic carbocycles. The molecule has 6 aromatic rings. The monoisotopic (exact) mass is 686 g/mol. The summed E-state index contributed by atoms with van der Waals surface area (Å²) in [5.41, 5.74) is 13.8. The summed E-state index contributed by atoms with van der Waals surface area (Å²) in [6.07, 6.45) is 5.02. The van der Waals surface area contributed by atoms with Crippen LogP contribution in [0.15, 0.2) is 115 Å². The largest absolute Gasteiger partial charge is 0.417 e. The third-order valence-electron chi connectivity index (χ3n) is 10.9. The Balaban J connectivity index is 1.14. The molecule has 0 saturated heterocycles. The summed E-state index contributed by atoms with van der Waals surface area (Å²) in [6.45, 7) is 5.02. The number of hydrogen-bond donors (Lipinski definition) is 0. The van der Waals surface area contributed by atoms with Crippen molar-refractivity contribution in [3.63, 3.8) is 0 Å². The van der Waals surface area contributed by atoms with E-state index in [1.165, 1.54) is 78.5 Å². The van der Waals surface area contributed by atoms with Crippen molar-refractivity contribution in [3.05, 3.63) is 148 Å². The number of benzene rings is 4. The van der Waals surface area contributed by atoms with Gasteiger partial charge in [-0.2, -0.15) is 5.26 Å². The maximum atomic E-state index is 10.7. The minimum absolute atomic E-state index is 0.0105. The van der Waals surface area contributed by atoms with Crippen molar-refractivity contribution in [2.45, 2.75) is 50.5 Å². The van der Waals surface area contributed by atoms with Crippen LogP contribution in [0, 0.1) is 11.3 Å². The highest BCUT2D eigenvalue weighted by molar-refractivity contribution is 7.24. The number of rotatable bonds is 7. The molecule has 244 valence electrons. The van der Waals surface area contributed by atoms with Crippen LogP contribution in [0.4, 0.5) is 11.4 Å². The number of hydrogen-bond acceptors (Lipinski definition) is 6. The topological polar surface area (TPSA) is 53.3 Å². The summed E-state index contributed by atoms with van der Waals surface area (Å²) in [6, 6.07) is 42.6. The van der Waals surface area contributed by atoms with E-state index in [2.05, 4.69) is 122 Å². The standard InChI is InChI=1S/C44H34N2O2S2/c1-44(2)36-14-7-6-11-31(36)32-17-15-28(23-37(32)44)46-38-19-18-33(34-12-8-13-35(42(34)38)43(46)27-9-4-3-5-10-27)39-21-22-41(50-39)40-20-16-30(49-40)24-29(25-45)48-26-47/h3-7,9-11,14-24,26,35,43H,8,12-13H2,1-2H3. The van der Waals surface area contributed by atoms with Crippen molar-refractivity contribution >= 4 is 46.6 Å². The molecule has 2 aromatic heterocycles. The number of ether oxygens (including phenoxy) is 1. The molecule has 3 heterocycles. The number of nitrogens with zero attached hydrogens (tertiary/aromatic N) is 2. The van der Waals surface area contributed by atoms with Gasteiger partial charge in [-0.1, -0.05) is 80.6 Å². The second-order valence-electron chi connectivity index (χ2n) is 13.8. The molecule has 6 heteroatoms. The lowest BCUT2D eigenvalue weighted by molar-refractivity contribution is -0.124. The minimum atomic E-state index is -0.0626. The Kier molecular flexibility index (Phi) is 7.38. The lowest BCUT2D eigenvalue weighted by Crippen LogP contribution is -2.23. The van der Waals surface area contributed by atoms with Crippen LogP contribution in [0.1, 0.15) is 71.3 Å². The molecule has 2 atom stereocenters. The van der Waals surface area contributed by atoms with Crippen molar-refractivity contribution in [3.8, 4) is 37.4 Å². The maximum Gasteiger partial charge on any atom is 0.299 e. The third kappa shape index (κ3) is 4.80. The van der Waals surface area contributed by atoms with E-state index in [0.29, 0.717) is 5.92 Å². The Labute approximate surface area is 300 Å². The lowest BCUT2D eigenvalue weighted by Gasteiger charge is -2.33. The molecule has 0 fully saturated rings. The van der Waals surface area contributed by atoms with Crippen molar-refractivity contribution in [2.75, 3.05) is 4.90 Å². The number of nitriles is 1. The Morgan fingerprint density at radius 2 is 1.58 bits per heavy atom. The first-order chi connectivity index (χ1) is 24.5. The Hall–Kier alpha value is -5.22. The molecular formula is C44H34N2O2S2. The van der Waals surface area contributed by atoms with Gasteiger partial charge in [0.15, 0.2) is 0 Å². The van der Waals surface area contributed by atoms with Crippen LogP contribution >= 0.6 is 22.7 Å². The molecule has 1 aliphatic heterocycles. The highest BCUT2D eigenvalue weighted by Gasteiger charge is 2.44. The second kappa shape index (κ2) is 12.0. The fraction of sp³-hybridized carbons (Fsp3) is 0.182. The smallest absolute Gasteiger partial charge is 0.299 e. The summed E-state index contributed by atoms with van der Waals surface area (Å²) in [5, 5.41) is 9.27. The van der Waals surface area contributed by atoms with Gasteiger partial charge in [-0.15, -0.1) is 22.7 Å². The lowest BCUT2D eigenvalue weighted by atomic mass is 9.77. The molecule has 9 rings (SSSR count). The Morgan fingerprint density at radius 1 is 0.840 bits per heavy atom. The van der Waals surface area contributed by atoms with Crippen LogP contribution < -0.4 is 4.90 Å². The zero-order chi connectivity index (χ0) is 34.0. The van der Waals surface area contributed by atoms with Gasteiger partial charge in [0.25, 0.3) is 6.47 Å². The zero-order valence-corrected chi connectivity index (χ0v) is 29.5. The van der Waals surface area contributed by atoms with Crippen LogP contribution in [-0.4, -0.2) is 6.47 Å². The van der Waals surface area contributed by atoms with Gasteiger partial charge < -0.3 is 9.64 Å². The first-order valence-corrected chi connectivity index (χ1v) is 18.8. The van der Waals surface area contributed by atoms with Crippen LogP contribution in [0.25, 0.3) is 37.4 Å². The van der Waals surface area contributed by atoms with E-state index in [0.717, 1.165) is 16.2 Å². The van der Waals surface area contributed by atoms with E-state index < -0.39 is 0 Å². The quantitative estimate of drug-likeness (QED) is 0.0953. The summed E-state index contributed by atoms with van der Waals surface area (Å²) in [7, 11) is 0. The maximum absolute atomic E-state index is 10.7. The number of thiophene rings is 2. The number of carbonyl (C=O) groups excluding carboxylic acids is 1. The SMILES string of the molecule is CC1(C)c2ccccc2-c2ccc(N3c4ccc(-c5ccc(-c6ccc(C=C(C#N)OC=O)s6)s5)c5c4C(CCC5)C3c3ccccc3)cc21. The van der Waals surface area contributed by atoms with Crippen molar-refractivity contribution < 1.29 is 9.53 Å². The first-order valence-electron chi connectivity index (χ1n) is 17.1. The fourth-order valence-electron chi connectivity index (χ4n) is 8.69. The van der Waals surface area contributed by atoms with Gasteiger partial charge in [0.05, 0.1) is 6.04 Å². The van der Waals surface area contributed by atoms with Crippen LogP contribution in [0.3, 0.4) is 0 Å². The third-order valence-corrected chi connectivity index (χ3v) is 13.2. The molecule has 0 saturated carbocycles. The van der Waals surface area contributed by atoms with Gasteiger partial charge >= 0.3 is 0 Å². The highest BCUT2D eigenvalue weighted by Crippen LogP contribution is 2.60. The fourth-order valence-corrected chi connectivity index (χ4v) is 10.8. The number of allylic oxidation sites excluding steroid dienone is 1. The number of anilines is 2. The summed E-state index contributed by atoms with van der Waals surface area (Å²) in [4.78, 5) is 17.9. The van der Waals surface area contributed by atoms with Gasteiger partial charge in [-0.3, -0.25) is 4.79 Å². The predicted molar refractivity (Wildman–Crippen MR) is 205 cm³/mol. The van der Waals surface area contributed by atoms with E-state index in [1.807, 2.05) is 23.5 Å². The van der Waals surface area contributed by atoms with Gasteiger partial charge in [0.1, 0.15) is 6.07 Å². The molecule has 0 radical (unpaired) electrons. The molecule has 0 bridgehead atoms. The van der Waals surface area contributed by atoms with E-state index in [4.69, 9.17) is 4.74 Å². The molecule has 2 aliphatic carbocycles. The van der Waals surface area contributed by atoms with Gasteiger partial charge in [-0.05, 0) is 106 Å². The summed E-state index contributed by atoms with van der Waals surface area (Å²) >= 11 is 3.40. The molecule has 0 amide bonds. The molecule has 3 aliphatic rings. The minimum Gasteiger partial charge on any atom is -0.417 e. The summed E-state index contributed by atoms with van der Waals surface area (Å²) in [5.74, 6) is 0.396. The zero-order valence-electron chi connectivity index (χ0n) is 27.9. The molecular weight excluding hydrogens is 653 g/mol. The molecule has 50 heavy (non-hydrogen) atoms. The van der Waals surface area contributed by atoms with Crippen LogP contribution in [-0.2, 0) is 21.4 Å².